The Kier molecular flexibility index (Phi) is 20.4. The van der Waals surface area contributed by atoms with Crippen LogP contribution in [0.3, 0.4) is 0 Å². The Hall–Kier alpha value is -0.760. The van der Waals surface area contributed by atoms with Crippen molar-refractivity contribution in [2.75, 3.05) is 12.4 Å². The molecule has 0 spiro atoms. The predicted molar refractivity (Wildman–Crippen MR) is 164 cm³/mol. The maximum atomic E-state index is 12.5. The molecule has 41 heavy (non-hydrogen) atoms. The third-order valence-corrected chi connectivity index (χ3v) is 10.1. The highest BCUT2D eigenvalue weighted by Gasteiger charge is 2.36. The molecule has 0 aromatic carbocycles. The fraction of sp³-hybridized carbons (Fsp3) is 0.939. The number of carbonyl (C=O) groups excluding carboxylic acids is 2. The van der Waals surface area contributed by atoms with E-state index in [1.165, 1.54) is 38.5 Å². The Morgan fingerprint density at radius 3 is 2.17 bits per heavy atom. The molecular weight excluding hydrogens is 549 g/mol. The number of aliphatic hydroxyl groups excluding tert-OH is 1. The molecule has 1 fully saturated rings. The fourth-order valence-corrected chi connectivity index (χ4v) is 7.28. The first kappa shape index (κ1) is 38.3. The molecule has 0 aliphatic heterocycles. The first-order chi connectivity index (χ1) is 19.5. The van der Waals surface area contributed by atoms with Crippen molar-refractivity contribution < 1.29 is 32.6 Å². The molecule has 3 atom stereocenters. The summed E-state index contributed by atoms with van der Waals surface area (Å²) in [7, 11) is 0. The van der Waals surface area contributed by atoms with Crippen molar-refractivity contribution >= 4 is 23.5 Å². The monoisotopic (exact) mass is 608 g/mol. The van der Waals surface area contributed by atoms with E-state index < -0.39 is 18.7 Å². The topological polar surface area (TPSA) is 63.6 Å². The van der Waals surface area contributed by atoms with E-state index in [0.717, 1.165) is 51.4 Å². The van der Waals surface area contributed by atoms with Crippen LogP contribution >= 0.6 is 11.8 Å². The van der Waals surface area contributed by atoms with E-state index in [1.807, 2.05) is 13.8 Å². The van der Waals surface area contributed by atoms with Gasteiger partial charge >= 0.3 is 12.1 Å². The van der Waals surface area contributed by atoms with E-state index in [2.05, 4.69) is 6.92 Å². The Labute approximate surface area is 252 Å². The average Bonchev–Trinajstić information content (AvgIpc) is 3.26. The van der Waals surface area contributed by atoms with Crippen molar-refractivity contribution in [3.63, 3.8) is 0 Å². The number of unbranched alkanes of at least 4 members (excludes halogenated alkanes) is 12. The number of alkyl halides is 3. The molecule has 3 unspecified atom stereocenters. The van der Waals surface area contributed by atoms with E-state index in [4.69, 9.17) is 4.74 Å². The van der Waals surface area contributed by atoms with Gasteiger partial charge in [-0.15, -0.1) is 0 Å². The minimum atomic E-state index is -4.10. The molecule has 0 bridgehead atoms. The second-order valence-electron chi connectivity index (χ2n) is 12.8. The molecule has 0 radical (unpaired) electrons. The van der Waals surface area contributed by atoms with Crippen LogP contribution in [0.15, 0.2) is 0 Å². The van der Waals surface area contributed by atoms with Crippen molar-refractivity contribution in [2.24, 2.45) is 11.3 Å². The third-order valence-electron chi connectivity index (χ3n) is 8.60. The smallest absolute Gasteiger partial charge is 0.389 e. The highest BCUT2D eigenvalue weighted by atomic mass is 32.2. The molecule has 1 saturated carbocycles. The number of carbonyl (C=O) groups is 2. The molecule has 1 aliphatic carbocycles. The number of halogens is 3. The van der Waals surface area contributed by atoms with Gasteiger partial charge in [0.1, 0.15) is 5.78 Å². The summed E-state index contributed by atoms with van der Waals surface area (Å²) < 4.78 is 42.4. The van der Waals surface area contributed by atoms with E-state index >= 15 is 0 Å². The highest BCUT2D eigenvalue weighted by molar-refractivity contribution is 8.00. The molecule has 0 heterocycles. The van der Waals surface area contributed by atoms with E-state index in [-0.39, 0.29) is 29.0 Å². The van der Waals surface area contributed by atoms with Gasteiger partial charge in [-0.1, -0.05) is 97.8 Å². The Bertz CT molecular complexity index is 698. The number of Topliss-reactive ketones (excluding diaryl/α,β-unsaturated/α-hetero) is 1. The number of rotatable bonds is 25. The van der Waals surface area contributed by atoms with Crippen molar-refractivity contribution in [1.29, 1.82) is 0 Å². The average molecular weight is 609 g/mol. The first-order valence-corrected chi connectivity index (χ1v) is 17.6. The first-order valence-electron chi connectivity index (χ1n) is 16.5. The lowest BCUT2D eigenvalue weighted by Crippen LogP contribution is -2.32. The summed E-state index contributed by atoms with van der Waals surface area (Å²) in [5.41, 5.74) is -0.363. The zero-order valence-corrected chi connectivity index (χ0v) is 27.0. The molecule has 0 aromatic rings. The zero-order chi connectivity index (χ0) is 30.6. The maximum Gasteiger partial charge on any atom is 0.389 e. The lowest BCUT2D eigenvalue weighted by Gasteiger charge is -2.31. The Morgan fingerprint density at radius 2 is 1.49 bits per heavy atom. The largest absolute Gasteiger partial charge is 0.466 e. The quantitative estimate of drug-likeness (QED) is 0.0825. The van der Waals surface area contributed by atoms with Crippen LogP contribution in [0.1, 0.15) is 156 Å². The second-order valence-corrected chi connectivity index (χ2v) is 14.1. The number of esters is 1. The number of hydrogen-bond acceptors (Lipinski definition) is 5. The van der Waals surface area contributed by atoms with Crippen LogP contribution in [0.25, 0.3) is 0 Å². The van der Waals surface area contributed by atoms with Crippen LogP contribution in [0.2, 0.25) is 0 Å². The number of ether oxygens (including phenoxy) is 1. The van der Waals surface area contributed by atoms with Crippen LogP contribution < -0.4 is 0 Å². The predicted octanol–water partition coefficient (Wildman–Crippen LogP) is 9.99. The summed E-state index contributed by atoms with van der Waals surface area (Å²) in [6.45, 7) is 6.71. The molecule has 242 valence electrons. The summed E-state index contributed by atoms with van der Waals surface area (Å²) in [6, 6.07) is 0. The van der Waals surface area contributed by atoms with Crippen molar-refractivity contribution in [2.45, 2.75) is 173 Å². The van der Waals surface area contributed by atoms with Crippen molar-refractivity contribution in [3.8, 4) is 0 Å². The van der Waals surface area contributed by atoms with Crippen LogP contribution in [-0.4, -0.2) is 46.7 Å². The molecule has 0 amide bonds. The van der Waals surface area contributed by atoms with Gasteiger partial charge in [-0.3, -0.25) is 9.59 Å². The van der Waals surface area contributed by atoms with Gasteiger partial charge in [-0.25, -0.2) is 0 Å². The maximum absolute atomic E-state index is 12.5. The zero-order valence-electron chi connectivity index (χ0n) is 26.2. The summed E-state index contributed by atoms with van der Waals surface area (Å²) in [5, 5.41) is 11.0. The van der Waals surface area contributed by atoms with Crippen LogP contribution in [0, 0.1) is 11.3 Å². The lowest BCUT2D eigenvalue weighted by molar-refractivity contribution is -0.144. The van der Waals surface area contributed by atoms with Gasteiger partial charge in [-0.2, -0.15) is 24.9 Å². The molecule has 0 saturated heterocycles. The second kappa shape index (κ2) is 21.9. The van der Waals surface area contributed by atoms with Crippen molar-refractivity contribution in [3.05, 3.63) is 0 Å². The van der Waals surface area contributed by atoms with Gasteiger partial charge in [0.25, 0.3) is 0 Å². The summed E-state index contributed by atoms with van der Waals surface area (Å²) >= 11 is 1.69. The lowest BCUT2D eigenvalue weighted by atomic mass is 9.82. The minimum Gasteiger partial charge on any atom is -0.466 e. The summed E-state index contributed by atoms with van der Waals surface area (Å²) in [6.07, 6.45) is 13.0. The number of ketones is 1. The standard InChI is InChI=1S/C33H59F3O4S/c1-4-5-6-7-8-9-12-18-25-40-31(39)20-15-11-10-14-19-27-28(37)21-22-29(27)41-26-30(38)32(2,3)23-16-13-17-24-33(34,35)36/h27,29-30,38H,4-26H2,1-3H3. The van der Waals surface area contributed by atoms with Crippen LogP contribution in [-0.2, 0) is 14.3 Å². The molecular formula is C33H59F3O4S. The van der Waals surface area contributed by atoms with E-state index in [9.17, 15) is 27.9 Å². The van der Waals surface area contributed by atoms with Gasteiger partial charge in [0, 0.05) is 36.2 Å². The van der Waals surface area contributed by atoms with Crippen LogP contribution in [0.4, 0.5) is 13.2 Å². The van der Waals surface area contributed by atoms with E-state index in [1.54, 1.807) is 11.8 Å². The fourth-order valence-electron chi connectivity index (χ4n) is 5.60. The van der Waals surface area contributed by atoms with Gasteiger partial charge in [0.05, 0.1) is 12.7 Å². The molecule has 1 rings (SSSR count). The molecule has 4 nitrogen and oxygen atoms in total. The highest BCUT2D eigenvalue weighted by Crippen LogP contribution is 2.39. The summed E-state index contributed by atoms with van der Waals surface area (Å²) in [4.78, 5) is 24.5. The minimum absolute atomic E-state index is 0.0364. The van der Waals surface area contributed by atoms with Gasteiger partial charge in [-0.05, 0) is 43.9 Å². The van der Waals surface area contributed by atoms with Gasteiger partial charge < -0.3 is 9.84 Å². The van der Waals surface area contributed by atoms with E-state index in [0.29, 0.717) is 50.2 Å². The number of thioether (sulfide) groups is 1. The summed E-state index contributed by atoms with van der Waals surface area (Å²) in [5.74, 6) is 0.809. The Balaban J connectivity index is 2.14. The number of aliphatic hydroxyl groups is 1. The Morgan fingerprint density at radius 1 is 0.902 bits per heavy atom. The third kappa shape index (κ3) is 19.2. The van der Waals surface area contributed by atoms with Gasteiger partial charge in [0.15, 0.2) is 0 Å². The molecule has 1 aliphatic rings. The van der Waals surface area contributed by atoms with Crippen LogP contribution in [0.5, 0.6) is 0 Å². The normalized spacial score (nSPS) is 18.7. The molecule has 8 heteroatoms. The van der Waals surface area contributed by atoms with Crippen molar-refractivity contribution in [1.82, 2.24) is 0 Å². The van der Waals surface area contributed by atoms with Gasteiger partial charge in [0.2, 0.25) is 0 Å². The molecule has 1 N–H and O–H groups in total. The molecule has 0 aromatic heterocycles. The SMILES string of the molecule is CCCCCCCCCCOC(=O)CCCCCCC1C(=O)CCC1SCC(O)C(C)(C)CCCCCC(F)(F)F. The number of hydrogen-bond donors (Lipinski definition) is 1.